The van der Waals surface area contributed by atoms with Gasteiger partial charge in [-0.05, 0) is 6.42 Å². The summed E-state index contributed by atoms with van der Waals surface area (Å²) in [4.78, 5) is 11.6. The summed E-state index contributed by atoms with van der Waals surface area (Å²) >= 11 is 0. The predicted molar refractivity (Wildman–Crippen MR) is 122 cm³/mol. The molecule has 0 atom stereocenters. The predicted octanol–water partition coefficient (Wildman–Crippen LogP) is 8.65. The molecule has 0 aromatic rings. The fourth-order valence-corrected chi connectivity index (χ4v) is 4.16. The van der Waals surface area contributed by atoms with E-state index in [1.807, 2.05) is 0 Å². The van der Waals surface area contributed by atoms with Gasteiger partial charge in [0.1, 0.15) is 0 Å². The smallest absolute Gasteiger partial charge is 0.437 e. The number of hydrogen-bond donors (Lipinski definition) is 0. The lowest BCUT2D eigenvalue weighted by Gasteiger charge is -2.12. The number of carbonyl (C=O) groups is 1. The molecule has 0 heterocycles. The first-order chi connectivity index (χ1) is 14.1. The summed E-state index contributed by atoms with van der Waals surface area (Å²) < 4.78 is 25.9. The van der Waals surface area contributed by atoms with Crippen LogP contribution in [0.15, 0.2) is 0 Å². The summed E-state index contributed by atoms with van der Waals surface area (Å²) in [5.41, 5.74) is -0.894. The van der Waals surface area contributed by atoms with Gasteiger partial charge in [-0.1, -0.05) is 116 Å². The van der Waals surface area contributed by atoms with Crippen LogP contribution in [0.4, 0.5) is 4.79 Å². The lowest BCUT2D eigenvalue weighted by Crippen LogP contribution is -2.07. The maximum atomic E-state index is 11.8. The zero-order chi connectivity index (χ0) is 21.6. The van der Waals surface area contributed by atoms with Gasteiger partial charge in [0.05, 0.1) is 6.61 Å². The second-order valence-corrected chi connectivity index (χ2v) is 10.1. The largest absolute Gasteiger partial charge is 0.457 e. The third-order valence-corrected chi connectivity index (χ3v) is 6.97. The lowest BCUT2D eigenvalue weighted by molar-refractivity contribution is 0.154. The quantitative estimate of drug-likeness (QED) is 0.126. The fourth-order valence-electron chi connectivity index (χ4n) is 3.47. The van der Waals surface area contributed by atoms with Gasteiger partial charge in [0.15, 0.2) is 0 Å². The minimum Gasteiger partial charge on any atom is -0.457 e. The highest BCUT2D eigenvalue weighted by molar-refractivity contribution is 7.71. The SMILES string of the molecule is CCCCCCCCCCCCCCCCCCCCOC(=O)P(=O)(OC)OC. The van der Waals surface area contributed by atoms with Crippen LogP contribution < -0.4 is 0 Å². The van der Waals surface area contributed by atoms with Crippen molar-refractivity contribution >= 4 is 13.3 Å². The fraction of sp³-hybridized carbons (Fsp3) is 0.957. The van der Waals surface area contributed by atoms with E-state index < -0.39 is 13.3 Å². The van der Waals surface area contributed by atoms with Gasteiger partial charge in [0.25, 0.3) is 0 Å². The highest BCUT2D eigenvalue weighted by Gasteiger charge is 2.34. The van der Waals surface area contributed by atoms with Crippen molar-refractivity contribution in [3.05, 3.63) is 0 Å². The Morgan fingerprint density at radius 2 is 0.897 bits per heavy atom. The number of rotatable bonds is 22. The number of carbonyl (C=O) groups excluding carboxylic acids is 1. The Morgan fingerprint density at radius 1 is 0.586 bits per heavy atom. The molecule has 0 aromatic carbocycles. The molecule has 0 rings (SSSR count). The van der Waals surface area contributed by atoms with Gasteiger partial charge in [-0.15, -0.1) is 0 Å². The second-order valence-electron chi connectivity index (χ2n) is 7.99. The van der Waals surface area contributed by atoms with Crippen LogP contribution in [0.25, 0.3) is 0 Å². The molecule has 0 fully saturated rings. The summed E-state index contributed by atoms with van der Waals surface area (Å²) in [6.45, 7) is 2.55. The van der Waals surface area contributed by atoms with Gasteiger partial charge in [0, 0.05) is 14.2 Å². The van der Waals surface area contributed by atoms with Gasteiger partial charge >= 0.3 is 13.3 Å². The van der Waals surface area contributed by atoms with E-state index >= 15 is 0 Å². The van der Waals surface area contributed by atoms with Crippen LogP contribution in [-0.4, -0.2) is 26.5 Å². The molecule has 0 aliphatic heterocycles. The summed E-state index contributed by atoms with van der Waals surface area (Å²) in [5, 5.41) is 0. The first-order valence-corrected chi connectivity index (χ1v) is 13.5. The maximum absolute atomic E-state index is 11.8. The van der Waals surface area contributed by atoms with Crippen molar-refractivity contribution in [3.8, 4) is 0 Å². The minimum absolute atomic E-state index is 0.272. The van der Waals surface area contributed by atoms with Crippen molar-refractivity contribution in [2.75, 3.05) is 20.8 Å². The second kappa shape index (κ2) is 20.9. The van der Waals surface area contributed by atoms with Crippen molar-refractivity contribution < 1.29 is 23.1 Å². The Labute approximate surface area is 180 Å². The first-order valence-electron chi connectivity index (χ1n) is 12.0. The molecule has 0 saturated heterocycles. The van der Waals surface area contributed by atoms with Crippen LogP contribution in [0.3, 0.4) is 0 Å². The average molecular weight is 435 g/mol. The Morgan fingerprint density at radius 3 is 1.21 bits per heavy atom. The van der Waals surface area contributed by atoms with Gasteiger partial charge in [-0.2, -0.15) is 0 Å². The monoisotopic (exact) mass is 434 g/mol. The molecule has 0 bridgehead atoms. The number of unbranched alkanes of at least 4 members (excludes halogenated alkanes) is 17. The van der Waals surface area contributed by atoms with Crippen LogP contribution in [0.2, 0.25) is 0 Å². The van der Waals surface area contributed by atoms with E-state index in [-0.39, 0.29) is 6.61 Å². The van der Waals surface area contributed by atoms with E-state index in [9.17, 15) is 9.36 Å². The van der Waals surface area contributed by atoms with Crippen molar-refractivity contribution in [2.45, 2.75) is 122 Å². The molecule has 5 nitrogen and oxygen atoms in total. The Hall–Kier alpha value is -0.380. The van der Waals surface area contributed by atoms with Crippen LogP contribution in [-0.2, 0) is 18.3 Å². The lowest BCUT2D eigenvalue weighted by atomic mass is 10.0. The molecular weight excluding hydrogens is 387 g/mol. The highest BCUT2D eigenvalue weighted by atomic mass is 31.2. The molecular formula is C23H47O5P. The zero-order valence-electron chi connectivity index (χ0n) is 19.4. The van der Waals surface area contributed by atoms with E-state index in [0.717, 1.165) is 19.3 Å². The van der Waals surface area contributed by atoms with E-state index in [4.69, 9.17) is 4.74 Å². The number of ether oxygens (including phenoxy) is 1. The summed E-state index contributed by atoms with van der Waals surface area (Å²) in [6, 6.07) is 0. The van der Waals surface area contributed by atoms with Crippen molar-refractivity contribution in [3.63, 3.8) is 0 Å². The summed E-state index contributed by atoms with van der Waals surface area (Å²) in [6.07, 6.45) is 23.7. The van der Waals surface area contributed by atoms with Crippen LogP contribution in [0.1, 0.15) is 122 Å². The zero-order valence-corrected chi connectivity index (χ0v) is 20.3. The molecule has 0 aliphatic rings. The molecule has 0 aliphatic carbocycles. The molecule has 0 N–H and O–H groups in total. The van der Waals surface area contributed by atoms with Crippen molar-refractivity contribution in [1.29, 1.82) is 0 Å². The van der Waals surface area contributed by atoms with Crippen molar-refractivity contribution in [1.82, 2.24) is 0 Å². The molecule has 0 amide bonds. The van der Waals surface area contributed by atoms with Gasteiger partial charge in [0.2, 0.25) is 0 Å². The van der Waals surface area contributed by atoms with E-state index in [0.29, 0.717) is 0 Å². The van der Waals surface area contributed by atoms with Gasteiger partial charge in [-0.3, -0.25) is 0 Å². The minimum atomic E-state index is -3.73. The maximum Gasteiger partial charge on any atom is 0.437 e. The molecule has 29 heavy (non-hydrogen) atoms. The molecule has 0 aromatic heterocycles. The Kier molecular flexibility index (Phi) is 20.6. The molecule has 0 radical (unpaired) electrons. The third-order valence-electron chi connectivity index (χ3n) is 5.43. The molecule has 0 spiro atoms. The standard InChI is InChI=1S/C23H47O5P/c1-4-5-6-7-8-9-10-11-12-13-14-15-16-17-18-19-20-21-22-28-23(24)29(25,26-2)27-3/h4-22H2,1-3H3. The molecule has 6 heteroatoms. The Balaban J connectivity index is 3.23. The molecule has 174 valence electrons. The van der Waals surface area contributed by atoms with Gasteiger partial charge in [-0.25, -0.2) is 9.36 Å². The summed E-state index contributed by atoms with van der Waals surface area (Å²) in [5.74, 6) is 0. The topological polar surface area (TPSA) is 61.8 Å². The summed E-state index contributed by atoms with van der Waals surface area (Å²) in [7, 11) is -1.36. The van der Waals surface area contributed by atoms with Gasteiger partial charge < -0.3 is 13.8 Å². The third kappa shape index (κ3) is 17.0. The van der Waals surface area contributed by atoms with Crippen molar-refractivity contribution in [2.24, 2.45) is 0 Å². The van der Waals surface area contributed by atoms with Crippen LogP contribution in [0, 0.1) is 0 Å². The average Bonchev–Trinajstić information content (AvgIpc) is 2.74. The van der Waals surface area contributed by atoms with Crippen LogP contribution >= 0.6 is 7.60 Å². The molecule has 0 unspecified atom stereocenters. The Bertz CT molecular complexity index is 406. The van der Waals surface area contributed by atoms with Crippen LogP contribution in [0.5, 0.6) is 0 Å². The number of hydrogen-bond acceptors (Lipinski definition) is 5. The van der Waals surface area contributed by atoms with E-state index in [1.165, 1.54) is 111 Å². The van der Waals surface area contributed by atoms with E-state index in [2.05, 4.69) is 16.0 Å². The normalized spacial score (nSPS) is 11.7. The molecule has 0 saturated carbocycles. The first kappa shape index (κ1) is 28.6. The highest BCUT2D eigenvalue weighted by Crippen LogP contribution is 2.48. The van der Waals surface area contributed by atoms with E-state index in [1.54, 1.807) is 0 Å².